The second-order valence-electron chi connectivity index (χ2n) is 8.62. The van der Waals surface area contributed by atoms with E-state index in [1.807, 2.05) is 0 Å². The van der Waals surface area contributed by atoms with E-state index in [4.69, 9.17) is 9.47 Å². The van der Waals surface area contributed by atoms with Crippen molar-refractivity contribution in [2.75, 3.05) is 12.4 Å². The van der Waals surface area contributed by atoms with E-state index in [1.165, 1.54) is 37.4 Å². The van der Waals surface area contributed by atoms with Gasteiger partial charge in [-0.25, -0.2) is 17.5 Å². The molecule has 3 rings (SSSR count). The molecule has 9 heteroatoms. The fourth-order valence-corrected chi connectivity index (χ4v) is 4.71. The number of benzene rings is 3. The number of carbonyl (C=O) groups excluding carboxylic acids is 1. The molecule has 180 valence electrons. The van der Waals surface area contributed by atoms with Gasteiger partial charge in [0.15, 0.2) is 0 Å². The molecule has 0 heterocycles. The number of hydrogen-bond acceptors (Lipinski definition) is 5. The number of halogens is 1. The van der Waals surface area contributed by atoms with Gasteiger partial charge in [-0.1, -0.05) is 18.2 Å². The van der Waals surface area contributed by atoms with Crippen LogP contribution in [0, 0.1) is 5.82 Å². The summed E-state index contributed by atoms with van der Waals surface area (Å²) in [4.78, 5) is 12.7. The Hall–Kier alpha value is -3.43. The van der Waals surface area contributed by atoms with Crippen molar-refractivity contribution in [3.8, 4) is 11.5 Å². The highest BCUT2D eigenvalue weighted by molar-refractivity contribution is 7.89. The number of anilines is 1. The minimum atomic E-state index is -3.93. The van der Waals surface area contributed by atoms with Gasteiger partial charge >= 0.3 is 0 Å². The lowest BCUT2D eigenvalue weighted by atomic mass is 10.1. The second kappa shape index (κ2) is 10.2. The lowest BCUT2D eigenvalue weighted by Crippen LogP contribution is -2.40. The summed E-state index contributed by atoms with van der Waals surface area (Å²) >= 11 is 0. The largest absolute Gasteiger partial charge is 0.495 e. The van der Waals surface area contributed by atoms with Crippen LogP contribution < -0.4 is 19.5 Å². The molecule has 0 aromatic heterocycles. The molecule has 0 aliphatic heterocycles. The summed E-state index contributed by atoms with van der Waals surface area (Å²) in [5.74, 6) is -0.179. The Balaban J connectivity index is 1.76. The average molecular weight is 487 g/mol. The van der Waals surface area contributed by atoms with E-state index in [-0.39, 0.29) is 28.6 Å². The molecule has 0 bridgehead atoms. The maximum Gasteiger partial charge on any atom is 0.255 e. The summed E-state index contributed by atoms with van der Waals surface area (Å²) in [6.45, 7) is 5.40. The van der Waals surface area contributed by atoms with Gasteiger partial charge in [-0.05, 0) is 68.8 Å². The molecule has 0 spiro atoms. The zero-order valence-corrected chi connectivity index (χ0v) is 20.2. The molecule has 1 amide bonds. The van der Waals surface area contributed by atoms with E-state index in [9.17, 15) is 17.6 Å². The fraction of sp³-hybridized carbons (Fsp3) is 0.240. The van der Waals surface area contributed by atoms with Gasteiger partial charge in [0.05, 0.1) is 7.11 Å². The van der Waals surface area contributed by atoms with Crippen molar-refractivity contribution in [1.82, 2.24) is 4.72 Å². The first kappa shape index (κ1) is 25.2. The molecular weight excluding hydrogens is 459 g/mol. The molecule has 0 saturated carbocycles. The summed E-state index contributed by atoms with van der Waals surface area (Å²) in [6, 6.07) is 16.9. The Bertz CT molecular complexity index is 1270. The minimum Gasteiger partial charge on any atom is -0.495 e. The molecule has 0 fully saturated rings. The van der Waals surface area contributed by atoms with Gasteiger partial charge in [-0.15, -0.1) is 0 Å². The molecule has 0 saturated heterocycles. The van der Waals surface area contributed by atoms with Crippen molar-refractivity contribution in [3.05, 3.63) is 83.7 Å². The first-order valence-electron chi connectivity index (χ1n) is 10.5. The Morgan fingerprint density at radius 1 is 1.00 bits per heavy atom. The number of hydrogen-bond donors (Lipinski definition) is 2. The van der Waals surface area contributed by atoms with Crippen LogP contribution in [0.5, 0.6) is 11.5 Å². The van der Waals surface area contributed by atoms with Crippen LogP contribution in [0.25, 0.3) is 0 Å². The van der Waals surface area contributed by atoms with Gasteiger partial charge in [0, 0.05) is 22.9 Å². The third-order valence-corrected chi connectivity index (χ3v) is 6.35. The molecule has 2 N–H and O–H groups in total. The molecule has 7 nitrogen and oxygen atoms in total. The monoisotopic (exact) mass is 486 g/mol. The molecular formula is C25H27FN2O5S. The highest BCUT2D eigenvalue weighted by Gasteiger charge is 2.26. The minimum absolute atomic E-state index is 0.129. The van der Waals surface area contributed by atoms with Crippen LogP contribution in [0.4, 0.5) is 10.1 Å². The van der Waals surface area contributed by atoms with Gasteiger partial charge in [-0.3, -0.25) is 4.79 Å². The van der Waals surface area contributed by atoms with Crippen molar-refractivity contribution in [2.45, 2.75) is 37.8 Å². The second-order valence-corrected chi connectivity index (χ2v) is 10.3. The van der Waals surface area contributed by atoms with Crippen molar-refractivity contribution >= 4 is 21.6 Å². The van der Waals surface area contributed by atoms with Gasteiger partial charge in [0.1, 0.15) is 28.8 Å². The number of nitrogens with one attached hydrogen (secondary N) is 2. The van der Waals surface area contributed by atoms with Crippen LogP contribution in [0.15, 0.2) is 71.6 Å². The van der Waals surface area contributed by atoms with Crippen LogP contribution >= 0.6 is 0 Å². The van der Waals surface area contributed by atoms with Crippen molar-refractivity contribution < 1.29 is 27.1 Å². The zero-order chi connectivity index (χ0) is 24.9. The Morgan fingerprint density at radius 2 is 1.71 bits per heavy atom. The third-order valence-electron chi connectivity index (χ3n) is 4.57. The molecule has 0 unspecified atom stereocenters. The summed E-state index contributed by atoms with van der Waals surface area (Å²) in [5, 5.41) is 2.74. The Kier molecular flexibility index (Phi) is 7.58. The maximum atomic E-state index is 13.0. The highest BCUT2D eigenvalue weighted by atomic mass is 32.2. The average Bonchev–Trinajstić information content (AvgIpc) is 2.77. The standard InChI is InChI=1S/C25H27FN2O5S/c1-25(2,3)28-34(30,31)23-14-18(10-13-22(23)32-4)24(29)27-20-6-5-7-21(15-20)33-16-17-8-11-19(26)12-9-17/h5-15,28H,16H2,1-4H3,(H,27,29). The predicted octanol–water partition coefficient (Wildman–Crippen LogP) is 4.74. The van der Waals surface area contributed by atoms with Crippen LogP contribution in [0.2, 0.25) is 0 Å². The van der Waals surface area contributed by atoms with Gasteiger partial charge in [0.2, 0.25) is 10.0 Å². The number of amides is 1. The number of rotatable bonds is 8. The van der Waals surface area contributed by atoms with Gasteiger partial charge in [-0.2, -0.15) is 0 Å². The summed E-state index contributed by atoms with van der Waals surface area (Å²) < 4.78 is 52.2. The molecule has 0 aliphatic rings. The number of methoxy groups -OCH3 is 1. The maximum absolute atomic E-state index is 13.0. The predicted molar refractivity (Wildman–Crippen MR) is 128 cm³/mol. The topological polar surface area (TPSA) is 93.7 Å². The smallest absolute Gasteiger partial charge is 0.255 e. The van der Waals surface area contributed by atoms with Crippen LogP contribution in [0.1, 0.15) is 36.7 Å². The SMILES string of the molecule is COc1ccc(C(=O)Nc2cccc(OCc3ccc(F)cc3)c2)cc1S(=O)(=O)NC(C)(C)C. The molecule has 0 aliphatic carbocycles. The lowest BCUT2D eigenvalue weighted by Gasteiger charge is -2.21. The molecule has 3 aromatic rings. The van der Waals surface area contributed by atoms with Crippen molar-refractivity contribution in [3.63, 3.8) is 0 Å². The quantitative estimate of drug-likeness (QED) is 0.480. The number of carbonyl (C=O) groups is 1. The van der Waals surface area contributed by atoms with E-state index in [0.717, 1.165) is 5.56 Å². The normalized spacial score (nSPS) is 11.7. The number of sulfonamides is 1. The summed E-state index contributed by atoms with van der Waals surface area (Å²) in [6.07, 6.45) is 0. The third kappa shape index (κ3) is 6.79. The fourth-order valence-electron chi connectivity index (χ4n) is 3.10. The first-order chi connectivity index (χ1) is 16.0. The van der Waals surface area contributed by atoms with Crippen LogP contribution in [-0.4, -0.2) is 27.0 Å². The molecule has 0 atom stereocenters. The van der Waals surface area contributed by atoms with Crippen LogP contribution in [0.3, 0.4) is 0 Å². The Labute approximate surface area is 199 Å². The van der Waals surface area contributed by atoms with Crippen molar-refractivity contribution in [1.29, 1.82) is 0 Å². The molecule has 3 aromatic carbocycles. The van der Waals surface area contributed by atoms with E-state index < -0.39 is 21.5 Å². The lowest BCUT2D eigenvalue weighted by molar-refractivity contribution is 0.102. The highest BCUT2D eigenvalue weighted by Crippen LogP contribution is 2.27. The van der Waals surface area contributed by atoms with Crippen molar-refractivity contribution in [2.24, 2.45) is 0 Å². The Morgan fingerprint density at radius 3 is 2.35 bits per heavy atom. The number of ether oxygens (including phenoxy) is 2. The van der Waals surface area contributed by atoms with E-state index in [2.05, 4.69) is 10.0 Å². The first-order valence-corrected chi connectivity index (χ1v) is 12.0. The van der Waals surface area contributed by atoms with E-state index in [0.29, 0.717) is 11.4 Å². The molecule has 0 radical (unpaired) electrons. The summed E-state index contributed by atoms with van der Waals surface area (Å²) in [7, 11) is -2.57. The van der Waals surface area contributed by atoms with E-state index >= 15 is 0 Å². The summed E-state index contributed by atoms with van der Waals surface area (Å²) in [5.41, 5.74) is 0.699. The van der Waals surface area contributed by atoms with E-state index in [1.54, 1.807) is 57.2 Å². The van der Waals surface area contributed by atoms with Gasteiger partial charge in [0.25, 0.3) is 5.91 Å². The zero-order valence-electron chi connectivity index (χ0n) is 19.4. The van der Waals surface area contributed by atoms with Gasteiger partial charge < -0.3 is 14.8 Å². The molecule has 34 heavy (non-hydrogen) atoms. The van der Waals surface area contributed by atoms with Crippen LogP contribution in [-0.2, 0) is 16.6 Å².